The third-order valence-electron chi connectivity index (χ3n) is 3.07. The number of carbonyl (C=O) groups excluding carboxylic acids is 1. The van der Waals surface area contributed by atoms with Crippen molar-refractivity contribution in [2.24, 2.45) is 0 Å². The van der Waals surface area contributed by atoms with Crippen LogP contribution in [0.3, 0.4) is 0 Å². The van der Waals surface area contributed by atoms with Gasteiger partial charge in [0.05, 0.1) is 28.8 Å². The molecule has 0 aliphatic rings. The number of rotatable bonds is 7. The quantitative estimate of drug-likeness (QED) is 0.436. The average molecular weight is 281 g/mol. The molecule has 0 unspecified atom stereocenters. The second-order valence-electron chi connectivity index (χ2n) is 5.05. The van der Waals surface area contributed by atoms with Gasteiger partial charge in [-0.15, -0.1) is 0 Å². The van der Waals surface area contributed by atoms with Crippen molar-refractivity contribution in [2.45, 2.75) is 32.8 Å². The highest BCUT2D eigenvalue weighted by Gasteiger charge is 2.19. The molecule has 6 nitrogen and oxygen atoms in total. The Bertz CT molecular complexity index is 510. The van der Waals surface area contributed by atoms with Crippen LogP contribution in [0.4, 0.5) is 5.69 Å². The molecule has 0 atom stereocenters. The Morgan fingerprint density at radius 1 is 1.40 bits per heavy atom. The number of Topliss-reactive ketones (excluding diaryl/α,β-unsaturated/α-hetero) is 1. The molecule has 1 rings (SSSR count). The van der Waals surface area contributed by atoms with E-state index in [-0.39, 0.29) is 22.6 Å². The summed E-state index contributed by atoms with van der Waals surface area (Å²) in [6.45, 7) is 5.52. The van der Waals surface area contributed by atoms with E-state index in [0.29, 0.717) is 18.8 Å². The molecule has 0 heterocycles. The van der Waals surface area contributed by atoms with Gasteiger partial charge in [0, 0.05) is 13.5 Å². The van der Waals surface area contributed by atoms with E-state index < -0.39 is 4.92 Å². The fraction of sp³-hybridized carbons (Fsp3) is 0.500. The first-order valence-electron chi connectivity index (χ1n) is 6.24. The minimum absolute atomic E-state index is 0.0829. The molecule has 0 saturated carbocycles. The van der Waals surface area contributed by atoms with E-state index in [4.69, 9.17) is 9.47 Å². The first-order chi connectivity index (χ1) is 9.26. The first-order valence-corrected chi connectivity index (χ1v) is 6.24. The summed E-state index contributed by atoms with van der Waals surface area (Å²) < 4.78 is 10.7. The predicted octanol–water partition coefficient (Wildman–Crippen LogP) is 2.99. The maximum atomic E-state index is 11.3. The third kappa shape index (κ3) is 4.31. The van der Waals surface area contributed by atoms with Crippen LogP contribution >= 0.6 is 0 Å². The molecule has 1 aromatic rings. The maximum Gasteiger partial charge on any atom is 0.283 e. The minimum Gasteiger partial charge on any atom is -0.493 e. The van der Waals surface area contributed by atoms with E-state index in [1.807, 2.05) is 13.8 Å². The Kier molecular flexibility index (Phi) is 5.21. The van der Waals surface area contributed by atoms with Crippen LogP contribution in [0, 0.1) is 10.1 Å². The monoisotopic (exact) mass is 281 g/mol. The standard InChI is InChI=1S/C14H19NO5/c1-10(16)12-6-5-11(9-13(12)15(17)18)20-8-7-14(2,3)19-4/h5-6,9H,7-8H2,1-4H3. The topological polar surface area (TPSA) is 78.7 Å². The maximum absolute atomic E-state index is 11.3. The Balaban J connectivity index is 2.81. The molecule has 0 aromatic heterocycles. The van der Waals surface area contributed by atoms with Crippen LogP contribution in [-0.2, 0) is 4.74 Å². The second-order valence-corrected chi connectivity index (χ2v) is 5.05. The number of ether oxygens (including phenoxy) is 2. The van der Waals surface area contributed by atoms with E-state index >= 15 is 0 Å². The number of nitrogens with zero attached hydrogens (tertiary/aromatic N) is 1. The molecular weight excluding hydrogens is 262 g/mol. The van der Waals surface area contributed by atoms with Gasteiger partial charge in [-0.1, -0.05) is 0 Å². The highest BCUT2D eigenvalue weighted by Crippen LogP contribution is 2.25. The van der Waals surface area contributed by atoms with Crippen LogP contribution in [0.25, 0.3) is 0 Å². The molecular formula is C14H19NO5. The molecule has 110 valence electrons. The van der Waals surface area contributed by atoms with E-state index in [2.05, 4.69) is 0 Å². The fourth-order valence-electron chi connectivity index (χ4n) is 1.57. The molecule has 0 bridgehead atoms. The van der Waals surface area contributed by atoms with E-state index in [9.17, 15) is 14.9 Å². The first kappa shape index (κ1) is 16.1. The van der Waals surface area contributed by atoms with Crippen LogP contribution in [0.2, 0.25) is 0 Å². The summed E-state index contributed by atoms with van der Waals surface area (Å²) >= 11 is 0. The molecule has 0 saturated heterocycles. The number of benzene rings is 1. The van der Waals surface area contributed by atoms with Gasteiger partial charge in [-0.25, -0.2) is 0 Å². The van der Waals surface area contributed by atoms with E-state index in [0.717, 1.165) is 0 Å². The molecule has 0 amide bonds. The van der Waals surface area contributed by atoms with Crippen LogP contribution < -0.4 is 4.74 Å². The molecule has 0 fully saturated rings. The summed E-state index contributed by atoms with van der Waals surface area (Å²) in [5.74, 6) is 0.0253. The number of ketones is 1. The van der Waals surface area contributed by atoms with Gasteiger partial charge in [-0.2, -0.15) is 0 Å². The van der Waals surface area contributed by atoms with Crippen molar-refractivity contribution >= 4 is 11.5 Å². The highest BCUT2D eigenvalue weighted by molar-refractivity contribution is 5.98. The molecule has 0 spiro atoms. The van der Waals surface area contributed by atoms with Gasteiger partial charge in [-0.05, 0) is 32.9 Å². The van der Waals surface area contributed by atoms with Crippen molar-refractivity contribution in [1.29, 1.82) is 0 Å². The smallest absolute Gasteiger partial charge is 0.283 e. The second kappa shape index (κ2) is 6.47. The molecule has 0 radical (unpaired) electrons. The van der Waals surface area contributed by atoms with Gasteiger partial charge in [0.25, 0.3) is 5.69 Å². The number of carbonyl (C=O) groups is 1. The number of hydrogen-bond donors (Lipinski definition) is 0. The molecule has 0 N–H and O–H groups in total. The van der Waals surface area contributed by atoms with Crippen molar-refractivity contribution < 1.29 is 19.2 Å². The summed E-state index contributed by atoms with van der Waals surface area (Å²) in [7, 11) is 1.62. The van der Waals surface area contributed by atoms with Gasteiger partial charge < -0.3 is 9.47 Å². The summed E-state index contributed by atoms with van der Waals surface area (Å²) in [5, 5.41) is 10.9. The Morgan fingerprint density at radius 2 is 2.05 bits per heavy atom. The third-order valence-corrected chi connectivity index (χ3v) is 3.07. The van der Waals surface area contributed by atoms with Crippen LogP contribution in [0.5, 0.6) is 5.75 Å². The van der Waals surface area contributed by atoms with Crippen LogP contribution in [0.15, 0.2) is 18.2 Å². The lowest BCUT2D eigenvalue weighted by Gasteiger charge is -2.22. The van der Waals surface area contributed by atoms with Crippen molar-refractivity contribution in [1.82, 2.24) is 0 Å². The summed E-state index contributed by atoms with van der Waals surface area (Å²) in [6.07, 6.45) is 0.645. The zero-order valence-corrected chi connectivity index (χ0v) is 12.1. The Labute approximate surface area is 117 Å². The molecule has 1 aromatic carbocycles. The van der Waals surface area contributed by atoms with E-state index in [1.165, 1.54) is 19.1 Å². The lowest BCUT2D eigenvalue weighted by atomic mass is 10.1. The molecule has 0 aliphatic carbocycles. The van der Waals surface area contributed by atoms with Gasteiger partial charge in [0.1, 0.15) is 5.75 Å². The van der Waals surface area contributed by atoms with Crippen molar-refractivity contribution in [3.05, 3.63) is 33.9 Å². The lowest BCUT2D eigenvalue weighted by Crippen LogP contribution is -2.25. The highest BCUT2D eigenvalue weighted by atomic mass is 16.6. The average Bonchev–Trinajstić information content (AvgIpc) is 2.38. The van der Waals surface area contributed by atoms with E-state index in [1.54, 1.807) is 13.2 Å². The molecule has 0 aliphatic heterocycles. The van der Waals surface area contributed by atoms with Crippen molar-refractivity contribution in [2.75, 3.05) is 13.7 Å². The zero-order valence-electron chi connectivity index (χ0n) is 12.1. The number of nitro groups is 1. The fourth-order valence-corrected chi connectivity index (χ4v) is 1.57. The SMILES string of the molecule is COC(C)(C)CCOc1ccc(C(C)=O)c([N+](=O)[O-])c1. The largest absolute Gasteiger partial charge is 0.493 e. The molecule has 6 heteroatoms. The number of hydrogen-bond acceptors (Lipinski definition) is 5. The van der Waals surface area contributed by atoms with Crippen LogP contribution in [0.1, 0.15) is 37.6 Å². The Hall–Kier alpha value is -1.95. The summed E-state index contributed by atoms with van der Waals surface area (Å²) in [4.78, 5) is 21.7. The lowest BCUT2D eigenvalue weighted by molar-refractivity contribution is -0.385. The van der Waals surface area contributed by atoms with Crippen molar-refractivity contribution in [3.63, 3.8) is 0 Å². The normalized spacial score (nSPS) is 11.2. The summed E-state index contributed by atoms with van der Waals surface area (Å²) in [5.41, 5.74) is -0.466. The van der Waals surface area contributed by atoms with Gasteiger partial charge in [0.15, 0.2) is 5.78 Å². The Morgan fingerprint density at radius 3 is 2.55 bits per heavy atom. The van der Waals surface area contributed by atoms with Gasteiger partial charge in [-0.3, -0.25) is 14.9 Å². The van der Waals surface area contributed by atoms with Crippen LogP contribution in [-0.4, -0.2) is 30.0 Å². The van der Waals surface area contributed by atoms with Gasteiger partial charge >= 0.3 is 0 Å². The molecule has 20 heavy (non-hydrogen) atoms. The van der Waals surface area contributed by atoms with Gasteiger partial charge in [0.2, 0.25) is 0 Å². The predicted molar refractivity (Wildman–Crippen MR) is 74.3 cm³/mol. The number of nitro benzene ring substituents is 1. The minimum atomic E-state index is -0.581. The summed E-state index contributed by atoms with van der Waals surface area (Å²) in [6, 6.07) is 4.25. The zero-order chi connectivity index (χ0) is 15.3. The van der Waals surface area contributed by atoms with Crippen molar-refractivity contribution in [3.8, 4) is 5.75 Å². The number of methoxy groups -OCH3 is 1.